The normalized spacial score (nSPS) is 26.5. The maximum Gasteiger partial charge on any atom is 0.391 e. The van der Waals surface area contributed by atoms with E-state index in [0.717, 1.165) is 24.2 Å². The molecule has 2 heterocycles. The second-order valence-electron chi connectivity index (χ2n) is 5.92. The molecule has 0 radical (unpaired) electrons. The summed E-state index contributed by atoms with van der Waals surface area (Å²) in [5.41, 5.74) is 1.74. The zero-order valence-electron chi connectivity index (χ0n) is 11.6. The van der Waals surface area contributed by atoms with E-state index in [-0.39, 0.29) is 24.7 Å². The Bertz CT molecular complexity index is 518. The van der Waals surface area contributed by atoms with Crippen LogP contribution in [0.25, 0.3) is 0 Å². The highest BCUT2D eigenvalue weighted by atomic mass is 19.4. The summed E-state index contributed by atoms with van der Waals surface area (Å²) < 4.78 is 38.0. The highest BCUT2D eigenvalue weighted by Gasteiger charge is 2.43. The molecule has 0 spiro atoms. The Morgan fingerprint density at radius 2 is 2.00 bits per heavy atom. The molecule has 0 bridgehead atoms. The molecule has 1 N–H and O–H groups in total. The van der Waals surface area contributed by atoms with Gasteiger partial charge in [0.25, 0.3) is 0 Å². The van der Waals surface area contributed by atoms with Crippen molar-refractivity contribution in [3.63, 3.8) is 0 Å². The first-order chi connectivity index (χ1) is 9.97. The van der Waals surface area contributed by atoms with Gasteiger partial charge in [0.15, 0.2) is 0 Å². The molecule has 7 heteroatoms. The number of hydrogen-bond acceptors (Lipinski definition) is 2. The minimum Gasteiger partial charge on any atom is -0.309 e. The van der Waals surface area contributed by atoms with Gasteiger partial charge in [0.2, 0.25) is 5.91 Å². The van der Waals surface area contributed by atoms with Gasteiger partial charge in [-0.15, -0.1) is 0 Å². The maximum atomic E-state index is 12.7. The van der Waals surface area contributed by atoms with Gasteiger partial charge in [0.05, 0.1) is 23.5 Å². The molecule has 2 aliphatic rings. The van der Waals surface area contributed by atoms with Crippen molar-refractivity contribution >= 4 is 11.6 Å². The molecule has 0 atom stereocenters. The SMILES string of the molecule is O=C(C1CCC(C(F)(F)F)CC1)N1CCCc2[nH]ncc21. The van der Waals surface area contributed by atoms with Crippen molar-refractivity contribution in [2.75, 3.05) is 11.4 Å². The molecule has 1 fully saturated rings. The molecule has 0 saturated heterocycles. The predicted octanol–water partition coefficient (Wildman–Crippen LogP) is 3.06. The fourth-order valence-electron chi connectivity index (χ4n) is 3.37. The minimum absolute atomic E-state index is 0.0435. The van der Waals surface area contributed by atoms with Gasteiger partial charge in [-0.1, -0.05) is 0 Å². The van der Waals surface area contributed by atoms with E-state index in [1.165, 1.54) is 0 Å². The van der Waals surface area contributed by atoms with Crippen molar-refractivity contribution in [1.29, 1.82) is 0 Å². The smallest absolute Gasteiger partial charge is 0.309 e. The lowest BCUT2D eigenvalue weighted by Crippen LogP contribution is -2.41. The maximum absolute atomic E-state index is 12.7. The number of amides is 1. The van der Waals surface area contributed by atoms with Crippen molar-refractivity contribution in [3.05, 3.63) is 11.9 Å². The number of nitrogens with zero attached hydrogens (tertiary/aromatic N) is 2. The first-order valence-corrected chi connectivity index (χ1v) is 7.37. The Morgan fingerprint density at radius 3 is 2.67 bits per heavy atom. The Hall–Kier alpha value is -1.53. The molecule has 1 aliphatic carbocycles. The zero-order chi connectivity index (χ0) is 15.0. The van der Waals surface area contributed by atoms with E-state index in [4.69, 9.17) is 0 Å². The quantitative estimate of drug-likeness (QED) is 0.866. The third kappa shape index (κ3) is 2.78. The summed E-state index contributed by atoms with van der Waals surface area (Å²) in [7, 11) is 0. The van der Waals surface area contributed by atoms with Crippen LogP contribution in [0.3, 0.4) is 0 Å². The van der Waals surface area contributed by atoms with Crippen LogP contribution < -0.4 is 4.90 Å². The van der Waals surface area contributed by atoms with Gasteiger partial charge in [0.1, 0.15) is 0 Å². The average Bonchev–Trinajstić information content (AvgIpc) is 2.94. The molecule has 1 saturated carbocycles. The van der Waals surface area contributed by atoms with Crippen molar-refractivity contribution in [2.24, 2.45) is 11.8 Å². The number of H-pyrrole nitrogens is 1. The van der Waals surface area contributed by atoms with Gasteiger partial charge in [-0.2, -0.15) is 18.3 Å². The molecule has 1 aromatic heterocycles. The molecule has 1 aromatic rings. The largest absolute Gasteiger partial charge is 0.391 e. The zero-order valence-corrected chi connectivity index (χ0v) is 11.6. The number of carbonyl (C=O) groups is 1. The average molecular weight is 301 g/mol. The summed E-state index contributed by atoms with van der Waals surface area (Å²) in [5.74, 6) is -1.57. The number of anilines is 1. The number of fused-ring (bicyclic) bond motifs is 1. The first-order valence-electron chi connectivity index (χ1n) is 7.37. The van der Waals surface area contributed by atoms with Gasteiger partial charge < -0.3 is 4.90 Å². The van der Waals surface area contributed by atoms with E-state index in [1.807, 2.05) is 0 Å². The monoisotopic (exact) mass is 301 g/mol. The van der Waals surface area contributed by atoms with E-state index < -0.39 is 12.1 Å². The molecule has 21 heavy (non-hydrogen) atoms. The number of halogens is 3. The molecule has 1 aliphatic heterocycles. The van der Waals surface area contributed by atoms with Crippen LogP contribution in [0.1, 0.15) is 37.8 Å². The molecule has 0 unspecified atom stereocenters. The van der Waals surface area contributed by atoms with Crippen LogP contribution in [0.5, 0.6) is 0 Å². The highest BCUT2D eigenvalue weighted by Crippen LogP contribution is 2.40. The lowest BCUT2D eigenvalue weighted by atomic mass is 9.81. The summed E-state index contributed by atoms with van der Waals surface area (Å²) in [6.45, 7) is 0.630. The van der Waals surface area contributed by atoms with E-state index in [1.54, 1.807) is 11.1 Å². The molecular formula is C14H18F3N3O. The highest BCUT2D eigenvalue weighted by molar-refractivity contribution is 5.95. The molecule has 3 rings (SSSR count). The van der Waals surface area contributed by atoms with Gasteiger partial charge in [0, 0.05) is 12.5 Å². The Morgan fingerprint density at radius 1 is 1.29 bits per heavy atom. The number of carbonyl (C=O) groups excluding carboxylic acids is 1. The fourth-order valence-corrected chi connectivity index (χ4v) is 3.37. The first kappa shape index (κ1) is 14.4. The van der Waals surface area contributed by atoms with E-state index in [9.17, 15) is 18.0 Å². The van der Waals surface area contributed by atoms with Crippen LogP contribution in [0.2, 0.25) is 0 Å². The van der Waals surface area contributed by atoms with Gasteiger partial charge >= 0.3 is 6.18 Å². The van der Waals surface area contributed by atoms with E-state index in [0.29, 0.717) is 19.4 Å². The van der Waals surface area contributed by atoms with Crippen molar-refractivity contribution < 1.29 is 18.0 Å². The number of aryl methyl sites for hydroxylation is 1. The van der Waals surface area contributed by atoms with Gasteiger partial charge in [-0.25, -0.2) is 0 Å². The summed E-state index contributed by atoms with van der Waals surface area (Å²) in [4.78, 5) is 14.3. The molecular weight excluding hydrogens is 283 g/mol. The predicted molar refractivity (Wildman–Crippen MR) is 70.8 cm³/mol. The second-order valence-corrected chi connectivity index (χ2v) is 5.92. The molecule has 4 nitrogen and oxygen atoms in total. The van der Waals surface area contributed by atoms with Crippen LogP contribution in [-0.4, -0.2) is 28.8 Å². The summed E-state index contributed by atoms with van der Waals surface area (Å²) in [6.07, 6.45) is 0.000730. The molecule has 0 aromatic carbocycles. The standard InChI is InChI=1S/C14H18F3N3O/c15-14(16,17)10-5-3-9(4-6-10)13(21)20-7-1-2-11-12(20)8-18-19-11/h8-10H,1-7H2,(H,18,19). The lowest BCUT2D eigenvalue weighted by molar-refractivity contribution is -0.184. The lowest BCUT2D eigenvalue weighted by Gasteiger charge is -2.34. The number of aromatic nitrogens is 2. The Kier molecular flexibility index (Phi) is 3.67. The topological polar surface area (TPSA) is 49.0 Å². The van der Waals surface area contributed by atoms with Crippen LogP contribution >= 0.6 is 0 Å². The minimum atomic E-state index is -4.13. The van der Waals surface area contributed by atoms with Crippen LogP contribution in [0, 0.1) is 11.8 Å². The van der Waals surface area contributed by atoms with Crippen molar-refractivity contribution in [3.8, 4) is 0 Å². The third-order valence-electron chi connectivity index (χ3n) is 4.60. The van der Waals surface area contributed by atoms with Crippen LogP contribution in [0.15, 0.2) is 6.20 Å². The second kappa shape index (κ2) is 5.35. The molecule has 116 valence electrons. The number of aromatic amines is 1. The number of alkyl halides is 3. The van der Waals surface area contributed by atoms with Gasteiger partial charge in [-0.3, -0.25) is 9.89 Å². The van der Waals surface area contributed by atoms with Crippen molar-refractivity contribution in [2.45, 2.75) is 44.7 Å². The van der Waals surface area contributed by atoms with E-state index >= 15 is 0 Å². The number of nitrogens with one attached hydrogen (secondary N) is 1. The summed E-state index contributed by atoms with van der Waals surface area (Å²) in [5, 5.41) is 6.84. The summed E-state index contributed by atoms with van der Waals surface area (Å²) in [6, 6.07) is 0. The number of hydrogen-bond donors (Lipinski definition) is 1. The van der Waals surface area contributed by atoms with Crippen molar-refractivity contribution in [1.82, 2.24) is 10.2 Å². The van der Waals surface area contributed by atoms with Crippen LogP contribution in [0.4, 0.5) is 18.9 Å². The van der Waals surface area contributed by atoms with Crippen LogP contribution in [-0.2, 0) is 11.2 Å². The third-order valence-corrected chi connectivity index (χ3v) is 4.60. The Labute approximate surface area is 120 Å². The number of rotatable bonds is 1. The summed E-state index contributed by atoms with van der Waals surface area (Å²) >= 11 is 0. The fraction of sp³-hybridized carbons (Fsp3) is 0.714. The van der Waals surface area contributed by atoms with E-state index in [2.05, 4.69) is 10.2 Å². The van der Waals surface area contributed by atoms with Gasteiger partial charge in [-0.05, 0) is 38.5 Å². The Balaban J connectivity index is 1.66. The molecule has 1 amide bonds.